The fraction of sp³-hybridized carbons (Fsp3) is 0.100. The Labute approximate surface area is 86.5 Å². The molecule has 78 valence electrons. The van der Waals surface area contributed by atoms with E-state index in [4.69, 9.17) is 5.73 Å². The summed E-state index contributed by atoms with van der Waals surface area (Å²) >= 11 is 0. The molecule has 0 fully saturated rings. The van der Waals surface area contributed by atoms with E-state index in [-0.39, 0.29) is 5.82 Å². The molecule has 1 aromatic carbocycles. The number of benzene rings is 1. The summed E-state index contributed by atoms with van der Waals surface area (Å²) in [5.41, 5.74) is 6.06. The molecule has 2 aromatic rings. The number of rotatable bonds is 2. The Balaban J connectivity index is 2.54. The van der Waals surface area contributed by atoms with E-state index >= 15 is 0 Å². The molecular weight excluding hydrogens is 195 g/mol. The van der Waals surface area contributed by atoms with Crippen molar-refractivity contribution in [2.75, 3.05) is 18.1 Å². The molecule has 3 N–H and O–H groups in total. The molecule has 0 bridgehead atoms. The Morgan fingerprint density at radius 2 is 2.13 bits per heavy atom. The minimum atomic E-state index is -0.352. The van der Waals surface area contributed by atoms with Crippen LogP contribution in [0.1, 0.15) is 0 Å². The number of nitrogens with zero attached hydrogens (tertiary/aromatic N) is 2. The van der Waals surface area contributed by atoms with Crippen molar-refractivity contribution >= 4 is 11.6 Å². The highest BCUT2D eigenvalue weighted by molar-refractivity contribution is 5.51. The van der Waals surface area contributed by atoms with E-state index in [1.807, 2.05) is 0 Å². The first kappa shape index (κ1) is 9.51. The number of para-hydroxylation sites is 1. The van der Waals surface area contributed by atoms with E-state index in [9.17, 15) is 4.39 Å². The summed E-state index contributed by atoms with van der Waals surface area (Å²) in [6.45, 7) is 0. The second-order valence-corrected chi connectivity index (χ2v) is 3.07. The average molecular weight is 206 g/mol. The molecule has 0 saturated heterocycles. The standard InChI is InChI=1S/C10H11FN4/c1-13-10-6-9(12)15(14-10)8-5-3-2-4-7(8)11/h2-6H,12H2,1H3,(H,13,14). The van der Waals surface area contributed by atoms with Crippen molar-refractivity contribution in [3.63, 3.8) is 0 Å². The molecule has 5 heteroatoms. The van der Waals surface area contributed by atoms with Crippen LogP contribution in [0.2, 0.25) is 0 Å². The largest absolute Gasteiger partial charge is 0.384 e. The Morgan fingerprint density at radius 3 is 2.73 bits per heavy atom. The summed E-state index contributed by atoms with van der Waals surface area (Å²) in [7, 11) is 1.73. The number of nitrogens with two attached hydrogens (primary N) is 1. The lowest BCUT2D eigenvalue weighted by Gasteiger charge is -2.04. The summed E-state index contributed by atoms with van der Waals surface area (Å²) in [5, 5.41) is 6.94. The zero-order valence-corrected chi connectivity index (χ0v) is 8.24. The Kier molecular flexibility index (Phi) is 2.29. The third-order valence-corrected chi connectivity index (χ3v) is 2.07. The van der Waals surface area contributed by atoms with Crippen LogP contribution >= 0.6 is 0 Å². The Hall–Kier alpha value is -2.04. The van der Waals surface area contributed by atoms with E-state index in [1.54, 1.807) is 31.3 Å². The lowest BCUT2D eigenvalue weighted by atomic mass is 10.3. The van der Waals surface area contributed by atoms with Crippen molar-refractivity contribution < 1.29 is 4.39 Å². The van der Waals surface area contributed by atoms with Gasteiger partial charge in [0.1, 0.15) is 23.1 Å². The number of nitrogens with one attached hydrogen (secondary N) is 1. The molecule has 15 heavy (non-hydrogen) atoms. The molecule has 0 unspecified atom stereocenters. The van der Waals surface area contributed by atoms with Crippen LogP contribution < -0.4 is 11.1 Å². The van der Waals surface area contributed by atoms with Crippen LogP contribution in [0.3, 0.4) is 0 Å². The minimum Gasteiger partial charge on any atom is -0.384 e. The maximum absolute atomic E-state index is 13.4. The molecule has 0 radical (unpaired) electrons. The summed E-state index contributed by atoms with van der Waals surface area (Å²) in [4.78, 5) is 0. The fourth-order valence-corrected chi connectivity index (χ4v) is 1.33. The molecule has 4 nitrogen and oxygen atoms in total. The molecule has 0 saturated carbocycles. The monoisotopic (exact) mass is 206 g/mol. The molecule has 0 aliphatic carbocycles. The summed E-state index contributed by atoms with van der Waals surface area (Å²) in [5.74, 6) is 0.648. The van der Waals surface area contributed by atoms with Gasteiger partial charge in [-0.05, 0) is 12.1 Å². The van der Waals surface area contributed by atoms with Gasteiger partial charge in [-0.2, -0.15) is 0 Å². The van der Waals surface area contributed by atoms with Crippen LogP contribution in [-0.4, -0.2) is 16.8 Å². The van der Waals surface area contributed by atoms with Gasteiger partial charge in [0.15, 0.2) is 0 Å². The number of hydrogen-bond acceptors (Lipinski definition) is 3. The predicted octanol–water partition coefficient (Wildman–Crippen LogP) is 1.64. The summed E-state index contributed by atoms with van der Waals surface area (Å²) in [6, 6.07) is 8.00. The zero-order chi connectivity index (χ0) is 10.8. The van der Waals surface area contributed by atoms with Crippen LogP contribution in [0.5, 0.6) is 0 Å². The smallest absolute Gasteiger partial charge is 0.150 e. The predicted molar refractivity (Wildman–Crippen MR) is 57.5 cm³/mol. The van der Waals surface area contributed by atoms with Gasteiger partial charge < -0.3 is 11.1 Å². The highest BCUT2D eigenvalue weighted by Crippen LogP contribution is 2.19. The normalized spacial score (nSPS) is 10.3. The molecule has 1 heterocycles. The van der Waals surface area contributed by atoms with Gasteiger partial charge in [0.25, 0.3) is 0 Å². The van der Waals surface area contributed by atoms with Gasteiger partial charge in [-0.1, -0.05) is 12.1 Å². The van der Waals surface area contributed by atoms with Crippen molar-refractivity contribution in [3.8, 4) is 5.69 Å². The van der Waals surface area contributed by atoms with E-state index in [1.165, 1.54) is 10.7 Å². The second kappa shape index (κ2) is 3.61. The maximum Gasteiger partial charge on any atom is 0.150 e. The third-order valence-electron chi connectivity index (χ3n) is 2.07. The fourth-order valence-electron chi connectivity index (χ4n) is 1.33. The number of nitrogen functional groups attached to an aromatic ring is 1. The van der Waals surface area contributed by atoms with Gasteiger partial charge in [-0.3, -0.25) is 0 Å². The van der Waals surface area contributed by atoms with Gasteiger partial charge in [-0.25, -0.2) is 9.07 Å². The van der Waals surface area contributed by atoms with Crippen LogP contribution in [-0.2, 0) is 0 Å². The van der Waals surface area contributed by atoms with Crippen molar-refractivity contribution in [1.29, 1.82) is 0 Å². The zero-order valence-electron chi connectivity index (χ0n) is 8.24. The number of aromatic nitrogens is 2. The van der Waals surface area contributed by atoms with Crippen molar-refractivity contribution in [3.05, 3.63) is 36.1 Å². The van der Waals surface area contributed by atoms with Gasteiger partial charge in [-0.15, -0.1) is 5.10 Å². The van der Waals surface area contributed by atoms with E-state index in [0.29, 0.717) is 17.3 Å². The van der Waals surface area contributed by atoms with Crippen molar-refractivity contribution in [2.45, 2.75) is 0 Å². The Morgan fingerprint density at radius 1 is 1.40 bits per heavy atom. The second-order valence-electron chi connectivity index (χ2n) is 3.07. The lowest BCUT2D eigenvalue weighted by molar-refractivity contribution is 0.612. The van der Waals surface area contributed by atoms with Crippen LogP contribution in [0, 0.1) is 5.82 Å². The molecule has 0 amide bonds. The van der Waals surface area contributed by atoms with Crippen LogP contribution in [0.15, 0.2) is 30.3 Å². The minimum absolute atomic E-state index is 0.344. The first-order valence-electron chi connectivity index (χ1n) is 4.50. The number of anilines is 2. The molecule has 2 rings (SSSR count). The Bertz CT molecular complexity index is 478. The highest BCUT2D eigenvalue weighted by atomic mass is 19.1. The number of hydrogen-bond donors (Lipinski definition) is 2. The quantitative estimate of drug-likeness (QED) is 0.785. The maximum atomic E-state index is 13.4. The van der Waals surface area contributed by atoms with Gasteiger partial charge in [0, 0.05) is 13.1 Å². The van der Waals surface area contributed by atoms with Gasteiger partial charge >= 0.3 is 0 Å². The topological polar surface area (TPSA) is 55.9 Å². The van der Waals surface area contributed by atoms with Crippen LogP contribution in [0.25, 0.3) is 5.69 Å². The lowest BCUT2D eigenvalue weighted by Crippen LogP contribution is -2.04. The highest BCUT2D eigenvalue weighted by Gasteiger charge is 2.09. The van der Waals surface area contributed by atoms with Crippen molar-refractivity contribution in [2.24, 2.45) is 0 Å². The molecular formula is C10H11FN4. The molecule has 1 aromatic heterocycles. The molecule has 0 aliphatic rings. The summed E-state index contributed by atoms with van der Waals surface area (Å²) < 4.78 is 14.8. The van der Waals surface area contributed by atoms with Crippen molar-refractivity contribution in [1.82, 2.24) is 9.78 Å². The SMILES string of the molecule is CNc1cc(N)n(-c2ccccc2F)n1. The molecule has 0 spiro atoms. The first-order valence-corrected chi connectivity index (χ1v) is 4.50. The average Bonchev–Trinajstić information content (AvgIpc) is 2.60. The van der Waals surface area contributed by atoms with E-state index in [0.717, 1.165) is 0 Å². The van der Waals surface area contributed by atoms with E-state index in [2.05, 4.69) is 10.4 Å². The number of halogens is 1. The molecule has 0 aliphatic heterocycles. The van der Waals surface area contributed by atoms with Gasteiger partial charge in [0.05, 0.1) is 0 Å². The summed E-state index contributed by atoms with van der Waals surface area (Å²) in [6.07, 6.45) is 0. The van der Waals surface area contributed by atoms with Crippen LogP contribution in [0.4, 0.5) is 16.0 Å². The first-order chi connectivity index (χ1) is 7.22. The van der Waals surface area contributed by atoms with E-state index < -0.39 is 0 Å². The third kappa shape index (κ3) is 1.63. The molecule has 0 atom stereocenters. The van der Waals surface area contributed by atoms with Gasteiger partial charge in [0.2, 0.25) is 0 Å².